The molecule has 1 aromatic rings. The number of hydroxylamine groups is 1. The lowest BCUT2D eigenvalue weighted by atomic mass is 10.3. The SMILES string of the molecule is COCCONC(=O)c1ccc(=O)[nH]c1. The fraction of sp³-hybridized carbons (Fsp3) is 0.333. The smallest absolute Gasteiger partial charge is 0.276 e. The summed E-state index contributed by atoms with van der Waals surface area (Å²) in [4.78, 5) is 29.2. The summed E-state index contributed by atoms with van der Waals surface area (Å²) in [5, 5.41) is 0. The molecule has 6 heteroatoms. The third kappa shape index (κ3) is 3.92. The van der Waals surface area contributed by atoms with Gasteiger partial charge in [0.15, 0.2) is 0 Å². The summed E-state index contributed by atoms with van der Waals surface area (Å²) in [5.41, 5.74) is 2.28. The summed E-state index contributed by atoms with van der Waals surface area (Å²) in [6, 6.07) is 2.68. The Labute approximate surface area is 86.2 Å². The van der Waals surface area contributed by atoms with Gasteiger partial charge in [-0.25, -0.2) is 5.48 Å². The van der Waals surface area contributed by atoms with E-state index < -0.39 is 5.91 Å². The normalized spacial score (nSPS) is 9.93. The first kappa shape index (κ1) is 11.4. The quantitative estimate of drug-likeness (QED) is 0.518. The first-order chi connectivity index (χ1) is 7.24. The molecule has 0 aromatic carbocycles. The molecule has 82 valence electrons. The number of carbonyl (C=O) groups excluding carboxylic acids is 1. The van der Waals surface area contributed by atoms with Crippen LogP contribution >= 0.6 is 0 Å². The molecule has 0 radical (unpaired) electrons. The number of rotatable bonds is 5. The molecule has 0 atom stereocenters. The van der Waals surface area contributed by atoms with Gasteiger partial charge < -0.3 is 9.72 Å². The first-order valence-corrected chi connectivity index (χ1v) is 4.34. The maximum absolute atomic E-state index is 11.3. The highest BCUT2D eigenvalue weighted by Crippen LogP contribution is 1.92. The average molecular weight is 212 g/mol. The average Bonchev–Trinajstić information content (AvgIpc) is 2.25. The van der Waals surface area contributed by atoms with E-state index in [2.05, 4.69) is 10.5 Å². The number of aromatic amines is 1. The van der Waals surface area contributed by atoms with Gasteiger partial charge in [0.1, 0.15) is 0 Å². The van der Waals surface area contributed by atoms with Crippen LogP contribution in [0.3, 0.4) is 0 Å². The minimum absolute atomic E-state index is 0.258. The Kier molecular flexibility index (Phi) is 4.52. The molecular formula is C9H12N2O4. The lowest BCUT2D eigenvalue weighted by Gasteiger charge is -2.04. The Hall–Kier alpha value is -1.66. The van der Waals surface area contributed by atoms with E-state index in [1.807, 2.05) is 0 Å². The van der Waals surface area contributed by atoms with Crippen LogP contribution in [-0.2, 0) is 9.57 Å². The molecule has 2 N–H and O–H groups in total. The van der Waals surface area contributed by atoms with Crippen LogP contribution in [0.25, 0.3) is 0 Å². The lowest BCUT2D eigenvalue weighted by molar-refractivity contribution is 0.00886. The van der Waals surface area contributed by atoms with Crippen molar-refractivity contribution in [2.24, 2.45) is 0 Å². The molecule has 1 aromatic heterocycles. The molecule has 0 fully saturated rings. The third-order valence-corrected chi connectivity index (χ3v) is 1.60. The number of hydrogen-bond acceptors (Lipinski definition) is 4. The third-order valence-electron chi connectivity index (χ3n) is 1.60. The van der Waals surface area contributed by atoms with Gasteiger partial charge >= 0.3 is 0 Å². The molecule has 0 unspecified atom stereocenters. The maximum Gasteiger partial charge on any atom is 0.276 e. The molecular weight excluding hydrogens is 200 g/mol. The van der Waals surface area contributed by atoms with Crippen molar-refractivity contribution in [1.82, 2.24) is 10.5 Å². The van der Waals surface area contributed by atoms with Crippen LogP contribution in [0.4, 0.5) is 0 Å². The number of hydrogen-bond donors (Lipinski definition) is 2. The van der Waals surface area contributed by atoms with Gasteiger partial charge in [-0.05, 0) is 6.07 Å². The van der Waals surface area contributed by atoms with E-state index in [4.69, 9.17) is 9.57 Å². The van der Waals surface area contributed by atoms with Gasteiger partial charge in [0.25, 0.3) is 5.91 Å². The fourth-order valence-corrected chi connectivity index (χ4v) is 0.852. The van der Waals surface area contributed by atoms with Crippen molar-refractivity contribution in [3.8, 4) is 0 Å². The van der Waals surface area contributed by atoms with Crippen LogP contribution in [0, 0.1) is 0 Å². The summed E-state index contributed by atoms with van der Waals surface area (Å²) in [6.07, 6.45) is 1.32. The van der Waals surface area contributed by atoms with E-state index in [0.717, 1.165) is 0 Å². The summed E-state index contributed by atoms with van der Waals surface area (Å²) >= 11 is 0. The number of amides is 1. The molecule has 0 aliphatic rings. The second-order valence-corrected chi connectivity index (χ2v) is 2.71. The Morgan fingerprint density at radius 3 is 2.87 bits per heavy atom. The van der Waals surface area contributed by atoms with Crippen LogP contribution in [0.1, 0.15) is 10.4 Å². The Morgan fingerprint density at radius 1 is 1.47 bits per heavy atom. The molecule has 0 saturated heterocycles. The van der Waals surface area contributed by atoms with E-state index in [-0.39, 0.29) is 12.2 Å². The van der Waals surface area contributed by atoms with Crippen molar-refractivity contribution in [1.29, 1.82) is 0 Å². The van der Waals surface area contributed by atoms with Crippen LogP contribution in [0.5, 0.6) is 0 Å². The summed E-state index contributed by atoms with van der Waals surface area (Å²) in [6.45, 7) is 0.664. The molecule has 0 aliphatic heterocycles. The van der Waals surface area contributed by atoms with Crippen molar-refractivity contribution in [3.05, 3.63) is 34.2 Å². The lowest BCUT2D eigenvalue weighted by Crippen LogP contribution is -2.26. The molecule has 1 heterocycles. The van der Waals surface area contributed by atoms with Crippen LogP contribution in [0.15, 0.2) is 23.1 Å². The minimum atomic E-state index is -0.414. The number of methoxy groups -OCH3 is 1. The molecule has 6 nitrogen and oxygen atoms in total. The first-order valence-electron chi connectivity index (χ1n) is 4.34. The molecule has 1 amide bonds. The summed E-state index contributed by atoms with van der Waals surface area (Å²) in [7, 11) is 1.53. The van der Waals surface area contributed by atoms with Gasteiger partial charge in [-0.3, -0.25) is 14.4 Å². The fourth-order valence-electron chi connectivity index (χ4n) is 0.852. The second kappa shape index (κ2) is 5.94. The molecule has 0 bridgehead atoms. The highest BCUT2D eigenvalue weighted by Gasteiger charge is 2.04. The van der Waals surface area contributed by atoms with E-state index in [1.165, 1.54) is 25.4 Å². The largest absolute Gasteiger partial charge is 0.382 e. The number of nitrogens with one attached hydrogen (secondary N) is 2. The maximum atomic E-state index is 11.3. The van der Waals surface area contributed by atoms with Crippen LogP contribution < -0.4 is 11.0 Å². The molecule has 1 rings (SSSR count). The van der Waals surface area contributed by atoms with Crippen molar-refractivity contribution >= 4 is 5.91 Å². The van der Waals surface area contributed by atoms with Gasteiger partial charge in [0.05, 0.1) is 18.8 Å². The topological polar surface area (TPSA) is 80.4 Å². The molecule has 0 aliphatic carbocycles. The molecule has 0 spiro atoms. The van der Waals surface area contributed by atoms with Gasteiger partial charge in [-0.2, -0.15) is 0 Å². The summed E-state index contributed by atoms with van der Waals surface area (Å²) in [5.74, 6) is -0.414. The van der Waals surface area contributed by atoms with Gasteiger partial charge in [-0.1, -0.05) is 0 Å². The zero-order chi connectivity index (χ0) is 11.1. The Balaban J connectivity index is 2.40. The van der Waals surface area contributed by atoms with E-state index in [9.17, 15) is 9.59 Å². The zero-order valence-electron chi connectivity index (χ0n) is 8.28. The van der Waals surface area contributed by atoms with E-state index in [0.29, 0.717) is 12.2 Å². The van der Waals surface area contributed by atoms with Crippen LogP contribution in [-0.4, -0.2) is 31.2 Å². The number of aromatic nitrogens is 1. The predicted molar refractivity (Wildman–Crippen MR) is 52.4 cm³/mol. The predicted octanol–water partition coefficient (Wildman–Crippen LogP) is -0.317. The van der Waals surface area contributed by atoms with E-state index in [1.54, 1.807) is 0 Å². The minimum Gasteiger partial charge on any atom is -0.382 e. The summed E-state index contributed by atoms with van der Waals surface area (Å²) < 4.78 is 4.72. The van der Waals surface area contributed by atoms with Crippen molar-refractivity contribution in [2.45, 2.75) is 0 Å². The zero-order valence-corrected chi connectivity index (χ0v) is 8.28. The monoisotopic (exact) mass is 212 g/mol. The highest BCUT2D eigenvalue weighted by atomic mass is 16.7. The second-order valence-electron chi connectivity index (χ2n) is 2.71. The van der Waals surface area contributed by atoms with Crippen molar-refractivity contribution < 1.29 is 14.4 Å². The van der Waals surface area contributed by atoms with Gasteiger partial charge in [0, 0.05) is 19.4 Å². The standard InChI is InChI=1S/C9H12N2O4/c1-14-4-5-15-11-9(13)7-2-3-8(12)10-6-7/h2-3,6H,4-5H2,1H3,(H,10,12)(H,11,13). The molecule has 15 heavy (non-hydrogen) atoms. The Morgan fingerprint density at radius 2 is 2.27 bits per heavy atom. The van der Waals surface area contributed by atoms with Gasteiger partial charge in [0.2, 0.25) is 5.56 Å². The molecule has 0 saturated carbocycles. The number of carbonyl (C=O) groups is 1. The van der Waals surface area contributed by atoms with E-state index >= 15 is 0 Å². The highest BCUT2D eigenvalue weighted by molar-refractivity contribution is 5.92. The van der Waals surface area contributed by atoms with Crippen molar-refractivity contribution in [3.63, 3.8) is 0 Å². The number of ether oxygens (including phenoxy) is 1. The number of H-pyrrole nitrogens is 1. The Bertz CT molecular complexity index is 354. The van der Waals surface area contributed by atoms with Crippen molar-refractivity contribution in [2.75, 3.05) is 20.3 Å². The van der Waals surface area contributed by atoms with Gasteiger partial charge in [-0.15, -0.1) is 0 Å². The van der Waals surface area contributed by atoms with Crippen LogP contribution in [0.2, 0.25) is 0 Å². The number of pyridine rings is 1.